The third-order valence-electron chi connectivity index (χ3n) is 2.71. The Morgan fingerprint density at radius 2 is 2.06 bits per heavy atom. The summed E-state index contributed by atoms with van der Waals surface area (Å²) in [6.45, 7) is 0.581. The molecule has 86 valence electrons. The van der Waals surface area contributed by atoms with Crippen LogP contribution in [0.4, 0.5) is 0 Å². The molecule has 18 heavy (non-hydrogen) atoms. The summed E-state index contributed by atoms with van der Waals surface area (Å²) in [6.07, 6.45) is 3.34. The average molecular weight is 235 g/mol. The molecule has 5 nitrogen and oxygen atoms in total. The molecule has 0 atom stereocenters. The number of rotatable bonds is 2. The van der Waals surface area contributed by atoms with Crippen LogP contribution >= 0.6 is 0 Å². The van der Waals surface area contributed by atoms with Crippen molar-refractivity contribution in [3.63, 3.8) is 0 Å². The average Bonchev–Trinajstić information content (AvgIpc) is 2.87. The summed E-state index contributed by atoms with van der Waals surface area (Å²) < 4.78 is 1.65. The van der Waals surface area contributed by atoms with Gasteiger partial charge in [-0.3, -0.25) is 4.98 Å². The van der Waals surface area contributed by atoms with Crippen LogP contribution in [-0.4, -0.2) is 19.7 Å². The quantitative estimate of drug-likeness (QED) is 0.678. The second-order valence-corrected chi connectivity index (χ2v) is 3.86. The highest BCUT2D eigenvalue weighted by Gasteiger charge is 2.04. The van der Waals surface area contributed by atoms with Crippen LogP contribution in [0.2, 0.25) is 0 Å². The van der Waals surface area contributed by atoms with Gasteiger partial charge in [0.25, 0.3) is 5.82 Å². The molecule has 2 aromatic heterocycles. The zero-order valence-corrected chi connectivity index (χ0v) is 9.48. The monoisotopic (exact) mass is 235 g/mol. The van der Waals surface area contributed by atoms with Gasteiger partial charge in [0.05, 0.1) is 12.1 Å². The van der Waals surface area contributed by atoms with Gasteiger partial charge in [0.15, 0.2) is 0 Å². The second kappa shape index (κ2) is 4.26. The highest BCUT2D eigenvalue weighted by Crippen LogP contribution is 2.16. The van der Waals surface area contributed by atoms with E-state index in [0.717, 1.165) is 16.5 Å². The van der Waals surface area contributed by atoms with Gasteiger partial charge in [0.2, 0.25) is 0 Å². The molecular weight excluding hydrogens is 226 g/mol. The zero-order valence-electron chi connectivity index (χ0n) is 9.48. The van der Waals surface area contributed by atoms with Gasteiger partial charge >= 0.3 is 0 Å². The molecule has 0 saturated heterocycles. The Morgan fingerprint density at radius 1 is 1.17 bits per heavy atom. The van der Waals surface area contributed by atoms with Gasteiger partial charge in [-0.2, -0.15) is 5.26 Å². The molecule has 2 heterocycles. The van der Waals surface area contributed by atoms with Crippen LogP contribution in [0.3, 0.4) is 0 Å². The van der Waals surface area contributed by atoms with Crippen molar-refractivity contribution in [2.75, 3.05) is 0 Å². The molecule has 0 aliphatic rings. The van der Waals surface area contributed by atoms with Gasteiger partial charge in [0, 0.05) is 11.6 Å². The summed E-state index contributed by atoms with van der Waals surface area (Å²) in [6, 6.07) is 11.8. The van der Waals surface area contributed by atoms with E-state index >= 15 is 0 Å². The van der Waals surface area contributed by atoms with Crippen molar-refractivity contribution in [2.24, 2.45) is 0 Å². The summed E-state index contributed by atoms with van der Waals surface area (Å²) in [5.41, 5.74) is 2.06. The number of benzene rings is 1. The summed E-state index contributed by atoms with van der Waals surface area (Å²) in [5.74, 6) is 0.188. The first-order valence-corrected chi connectivity index (χ1v) is 5.49. The number of aromatic nitrogens is 4. The van der Waals surface area contributed by atoms with Gasteiger partial charge in [-0.25, -0.2) is 9.67 Å². The minimum atomic E-state index is 0.188. The van der Waals surface area contributed by atoms with E-state index in [1.54, 1.807) is 17.2 Å². The number of nitrogens with zero attached hydrogens (tertiary/aromatic N) is 5. The Labute approximate surface area is 103 Å². The largest absolute Gasteiger partial charge is 0.256 e. The summed E-state index contributed by atoms with van der Waals surface area (Å²) in [4.78, 5) is 8.19. The van der Waals surface area contributed by atoms with Gasteiger partial charge in [0.1, 0.15) is 12.4 Å². The van der Waals surface area contributed by atoms with Crippen LogP contribution in [-0.2, 0) is 6.54 Å². The van der Waals surface area contributed by atoms with Crippen molar-refractivity contribution in [2.45, 2.75) is 6.54 Å². The Balaban J connectivity index is 2.02. The molecule has 0 saturated carbocycles. The molecule has 3 rings (SSSR count). The Kier molecular flexibility index (Phi) is 2.47. The lowest BCUT2D eigenvalue weighted by atomic mass is 10.1. The molecule has 0 unspecified atom stereocenters. The minimum Gasteiger partial charge on any atom is -0.256 e. The minimum absolute atomic E-state index is 0.188. The number of nitriles is 1. The van der Waals surface area contributed by atoms with Crippen molar-refractivity contribution >= 4 is 10.9 Å². The fourth-order valence-electron chi connectivity index (χ4n) is 1.89. The number of hydrogen-bond acceptors (Lipinski definition) is 4. The topological polar surface area (TPSA) is 67.4 Å². The number of para-hydroxylation sites is 1. The lowest BCUT2D eigenvalue weighted by Crippen LogP contribution is -2.01. The maximum atomic E-state index is 8.69. The third kappa shape index (κ3) is 1.80. The van der Waals surface area contributed by atoms with E-state index in [4.69, 9.17) is 5.26 Å². The lowest BCUT2D eigenvalue weighted by Gasteiger charge is -2.05. The molecule has 0 aliphatic heterocycles. The SMILES string of the molecule is N#Cc1ncn(Cc2ccnc3ccccc23)n1. The van der Waals surface area contributed by atoms with Crippen LogP contribution in [0, 0.1) is 11.3 Å². The molecule has 0 fully saturated rings. The van der Waals surface area contributed by atoms with Gasteiger partial charge in [-0.1, -0.05) is 18.2 Å². The Morgan fingerprint density at radius 3 is 2.89 bits per heavy atom. The molecule has 0 spiro atoms. The highest BCUT2D eigenvalue weighted by atomic mass is 15.3. The van der Waals surface area contributed by atoms with E-state index in [1.807, 2.05) is 36.4 Å². The first-order chi connectivity index (χ1) is 8.86. The molecule has 0 N–H and O–H groups in total. The predicted molar refractivity (Wildman–Crippen MR) is 65.6 cm³/mol. The number of hydrogen-bond donors (Lipinski definition) is 0. The molecule has 0 bridgehead atoms. The van der Waals surface area contributed by atoms with Gasteiger partial charge in [-0.15, -0.1) is 5.10 Å². The van der Waals surface area contributed by atoms with E-state index in [0.29, 0.717) is 6.54 Å². The van der Waals surface area contributed by atoms with Crippen molar-refractivity contribution in [1.29, 1.82) is 5.26 Å². The maximum Gasteiger partial charge on any atom is 0.252 e. The van der Waals surface area contributed by atoms with E-state index in [2.05, 4.69) is 15.1 Å². The van der Waals surface area contributed by atoms with E-state index in [-0.39, 0.29) is 5.82 Å². The second-order valence-electron chi connectivity index (χ2n) is 3.86. The van der Waals surface area contributed by atoms with Crippen molar-refractivity contribution in [1.82, 2.24) is 19.7 Å². The molecular formula is C13H9N5. The summed E-state index contributed by atoms with van der Waals surface area (Å²) in [7, 11) is 0. The lowest BCUT2D eigenvalue weighted by molar-refractivity contribution is 0.685. The highest BCUT2D eigenvalue weighted by molar-refractivity contribution is 5.81. The van der Waals surface area contributed by atoms with Crippen LogP contribution in [0.5, 0.6) is 0 Å². The Bertz CT molecular complexity index is 733. The summed E-state index contributed by atoms with van der Waals surface area (Å²) >= 11 is 0. The van der Waals surface area contributed by atoms with E-state index < -0.39 is 0 Å². The molecule has 5 heteroatoms. The van der Waals surface area contributed by atoms with Crippen LogP contribution in [0.15, 0.2) is 42.9 Å². The van der Waals surface area contributed by atoms with Gasteiger partial charge in [-0.05, 0) is 17.7 Å². The fourth-order valence-corrected chi connectivity index (χ4v) is 1.89. The normalized spacial score (nSPS) is 10.4. The Hall–Kier alpha value is -2.74. The number of fused-ring (bicyclic) bond motifs is 1. The van der Waals surface area contributed by atoms with Crippen LogP contribution < -0.4 is 0 Å². The van der Waals surface area contributed by atoms with Crippen LogP contribution in [0.25, 0.3) is 10.9 Å². The number of pyridine rings is 1. The molecule has 0 aliphatic carbocycles. The van der Waals surface area contributed by atoms with Gasteiger partial charge < -0.3 is 0 Å². The molecule has 0 radical (unpaired) electrons. The standard InChI is InChI=1S/C13H9N5/c14-7-13-16-9-18(17-13)8-10-5-6-15-12-4-2-1-3-11(10)12/h1-6,9H,8H2. The molecule has 0 amide bonds. The predicted octanol–water partition coefficient (Wildman–Crippen LogP) is 1.75. The van der Waals surface area contributed by atoms with Crippen LogP contribution in [0.1, 0.15) is 11.4 Å². The van der Waals surface area contributed by atoms with Crippen molar-refractivity contribution in [3.8, 4) is 6.07 Å². The smallest absolute Gasteiger partial charge is 0.252 e. The maximum absolute atomic E-state index is 8.69. The van der Waals surface area contributed by atoms with Crippen molar-refractivity contribution in [3.05, 3.63) is 54.2 Å². The molecule has 1 aromatic carbocycles. The molecule has 3 aromatic rings. The van der Waals surface area contributed by atoms with E-state index in [9.17, 15) is 0 Å². The summed E-state index contributed by atoms with van der Waals surface area (Å²) in [5, 5.41) is 13.8. The first-order valence-electron chi connectivity index (χ1n) is 5.49. The third-order valence-corrected chi connectivity index (χ3v) is 2.71. The fraction of sp³-hybridized carbons (Fsp3) is 0.0769. The van der Waals surface area contributed by atoms with E-state index in [1.165, 1.54) is 0 Å². The van der Waals surface area contributed by atoms with Crippen molar-refractivity contribution < 1.29 is 0 Å². The first kappa shape index (κ1) is 10.4. The zero-order chi connectivity index (χ0) is 12.4.